The van der Waals surface area contributed by atoms with Crippen molar-refractivity contribution in [3.63, 3.8) is 0 Å². The first-order chi connectivity index (χ1) is 9.13. The van der Waals surface area contributed by atoms with Gasteiger partial charge < -0.3 is 14.6 Å². The normalized spacial score (nSPS) is 14.5. The molecule has 1 N–H and O–H groups in total. The van der Waals surface area contributed by atoms with Gasteiger partial charge in [-0.25, -0.2) is 8.78 Å². The maximum absolute atomic E-state index is 13.1. The number of rotatable bonds is 2. The Kier molecular flexibility index (Phi) is 2.83. The molecular formula is C14H10F2O3. The van der Waals surface area contributed by atoms with Crippen molar-refractivity contribution in [1.82, 2.24) is 0 Å². The summed E-state index contributed by atoms with van der Waals surface area (Å²) in [4.78, 5) is 0. The predicted molar refractivity (Wildman–Crippen MR) is 63.0 cm³/mol. The van der Waals surface area contributed by atoms with Gasteiger partial charge in [-0.1, -0.05) is 6.07 Å². The van der Waals surface area contributed by atoms with Gasteiger partial charge in [0.25, 0.3) is 0 Å². The molecule has 2 aromatic rings. The highest BCUT2D eigenvalue weighted by molar-refractivity contribution is 5.46. The second-order valence-electron chi connectivity index (χ2n) is 4.22. The van der Waals surface area contributed by atoms with E-state index in [9.17, 15) is 13.9 Å². The van der Waals surface area contributed by atoms with Crippen molar-refractivity contribution in [3.8, 4) is 11.5 Å². The van der Waals surface area contributed by atoms with Crippen LogP contribution in [0.3, 0.4) is 0 Å². The standard InChI is InChI=1S/C14H10F2O3/c15-10-3-9(4-11(16)6-10)14(17)8-1-2-12-13(5-8)19-7-18-12/h1-6,14,17H,7H2. The Hall–Kier alpha value is -2.14. The first-order valence-electron chi connectivity index (χ1n) is 5.67. The molecule has 1 aliphatic rings. The second-order valence-corrected chi connectivity index (χ2v) is 4.22. The quantitative estimate of drug-likeness (QED) is 0.906. The third-order valence-electron chi connectivity index (χ3n) is 2.91. The lowest BCUT2D eigenvalue weighted by molar-refractivity contribution is 0.173. The fraction of sp³-hybridized carbons (Fsp3) is 0.143. The van der Waals surface area contributed by atoms with Crippen LogP contribution in [0.2, 0.25) is 0 Å². The Morgan fingerprint density at radius 1 is 0.895 bits per heavy atom. The molecule has 5 heteroatoms. The molecule has 98 valence electrons. The molecular weight excluding hydrogens is 254 g/mol. The van der Waals surface area contributed by atoms with Crippen molar-refractivity contribution in [2.75, 3.05) is 6.79 Å². The highest BCUT2D eigenvalue weighted by Crippen LogP contribution is 2.35. The van der Waals surface area contributed by atoms with E-state index >= 15 is 0 Å². The summed E-state index contributed by atoms with van der Waals surface area (Å²) < 4.78 is 36.6. The highest BCUT2D eigenvalue weighted by Gasteiger charge is 2.18. The molecule has 0 bridgehead atoms. The van der Waals surface area contributed by atoms with E-state index in [1.165, 1.54) is 0 Å². The molecule has 1 unspecified atom stereocenters. The number of aliphatic hydroxyl groups is 1. The van der Waals surface area contributed by atoms with Crippen molar-refractivity contribution in [3.05, 3.63) is 59.2 Å². The van der Waals surface area contributed by atoms with Crippen LogP contribution in [-0.2, 0) is 0 Å². The van der Waals surface area contributed by atoms with E-state index in [-0.39, 0.29) is 12.4 Å². The molecule has 0 saturated heterocycles. The molecule has 3 nitrogen and oxygen atoms in total. The molecule has 0 aliphatic carbocycles. The summed E-state index contributed by atoms with van der Waals surface area (Å²) in [6.45, 7) is 0.128. The monoisotopic (exact) mass is 264 g/mol. The van der Waals surface area contributed by atoms with E-state index < -0.39 is 17.7 Å². The molecule has 0 fully saturated rings. The topological polar surface area (TPSA) is 38.7 Å². The molecule has 0 saturated carbocycles. The Bertz CT molecular complexity index is 608. The molecule has 0 aromatic heterocycles. The predicted octanol–water partition coefficient (Wildman–Crippen LogP) is 2.78. The van der Waals surface area contributed by atoms with Crippen molar-refractivity contribution in [2.24, 2.45) is 0 Å². The third-order valence-corrected chi connectivity index (χ3v) is 2.91. The summed E-state index contributed by atoms with van der Waals surface area (Å²) in [7, 11) is 0. The maximum Gasteiger partial charge on any atom is 0.231 e. The molecule has 3 rings (SSSR count). The fourth-order valence-corrected chi connectivity index (χ4v) is 2.01. The largest absolute Gasteiger partial charge is 0.454 e. The van der Waals surface area contributed by atoms with Gasteiger partial charge in [0.15, 0.2) is 11.5 Å². The zero-order chi connectivity index (χ0) is 13.4. The van der Waals surface area contributed by atoms with Crippen LogP contribution in [0.4, 0.5) is 8.78 Å². The van der Waals surface area contributed by atoms with Gasteiger partial charge in [-0.3, -0.25) is 0 Å². The Morgan fingerprint density at radius 3 is 2.32 bits per heavy atom. The molecule has 0 amide bonds. The number of fused-ring (bicyclic) bond motifs is 1. The minimum atomic E-state index is -1.13. The van der Waals surface area contributed by atoms with Crippen molar-refractivity contribution in [2.45, 2.75) is 6.10 Å². The lowest BCUT2D eigenvalue weighted by Gasteiger charge is -2.12. The first kappa shape index (κ1) is 11.9. The van der Waals surface area contributed by atoms with Gasteiger partial charge in [0.1, 0.15) is 17.7 Å². The van der Waals surface area contributed by atoms with E-state index in [1.807, 2.05) is 0 Å². The molecule has 1 aliphatic heterocycles. The minimum absolute atomic E-state index is 0.128. The van der Waals surface area contributed by atoms with Crippen LogP contribution in [0.1, 0.15) is 17.2 Å². The van der Waals surface area contributed by atoms with E-state index in [2.05, 4.69) is 0 Å². The van der Waals surface area contributed by atoms with E-state index in [0.717, 1.165) is 18.2 Å². The molecule has 0 radical (unpaired) electrons. The van der Waals surface area contributed by atoms with Gasteiger partial charge in [0.2, 0.25) is 6.79 Å². The molecule has 0 spiro atoms. The van der Waals surface area contributed by atoms with Crippen molar-refractivity contribution >= 4 is 0 Å². The number of aliphatic hydroxyl groups excluding tert-OH is 1. The second kappa shape index (κ2) is 4.51. The lowest BCUT2D eigenvalue weighted by Crippen LogP contribution is -2.01. The van der Waals surface area contributed by atoms with Gasteiger partial charge in [-0.2, -0.15) is 0 Å². The van der Waals surface area contributed by atoms with Crippen LogP contribution >= 0.6 is 0 Å². The maximum atomic E-state index is 13.1. The smallest absolute Gasteiger partial charge is 0.231 e. The van der Waals surface area contributed by atoms with Crippen LogP contribution in [-0.4, -0.2) is 11.9 Å². The summed E-state index contributed by atoms with van der Waals surface area (Å²) in [5.74, 6) is -0.362. The van der Waals surface area contributed by atoms with Gasteiger partial charge in [-0.05, 0) is 35.4 Å². The lowest BCUT2D eigenvalue weighted by atomic mass is 10.0. The number of hydrogen-bond acceptors (Lipinski definition) is 3. The van der Waals surface area contributed by atoms with Crippen LogP contribution in [0.25, 0.3) is 0 Å². The molecule has 1 atom stereocenters. The first-order valence-corrected chi connectivity index (χ1v) is 5.67. The summed E-state index contributed by atoms with van der Waals surface area (Å²) >= 11 is 0. The Morgan fingerprint density at radius 2 is 1.58 bits per heavy atom. The van der Waals surface area contributed by atoms with Crippen molar-refractivity contribution < 1.29 is 23.4 Å². The number of benzene rings is 2. The minimum Gasteiger partial charge on any atom is -0.454 e. The van der Waals surface area contributed by atoms with Gasteiger partial charge in [0.05, 0.1) is 0 Å². The summed E-state index contributed by atoms with van der Waals surface area (Å²) in [5.41, 5.74) is 0.630. The fourth-order valence-electron chi connectivity index (χ4n) is 2.01. The number of ether oxygens (including phenoxy) is 2. The number of halogens is 2. The Balaban J connectivity index is 1.97. The SMILES string of the molecule is OC(c1cc(F)cc(F)c1)c1ccc2c(c1)OCO2. The van der Waals surface area contributed by atoms with Crippen LogP contribution < -0.4 is 9.47 Å². The zero-order valence-corrected chi connectivity index (χ0v) is 9.77. The summed E-state index contributed by atoms with van der Waals surface area (Å²) in [5, 5.41) is 10.1. The van der Waals surface area contributed by atoms with E-state index in [0.29, 0.717) is 17.1 Å². The van der Waals surface area contributed by atoms with E-state index in [4.69, 9.17) is 9.47 Å². The summed E-state index contributed by atoms with van der Waals surface area (Å²) in [6, 6.07) is 7.82. The van der Waals surface area contributed by atoms with Gasteiger partial charge in [0, 0.05) is 6.07 Å². The van der Waals surface area contributed by atoms with E-state index in [1.54, 1.807) is 18.2 Å². The van der Waals surface area contributed by atoms with Crippen LogP contribution in [0, 0.1) is 11.6 Å². The van der Waals surface area contributed by atoms with Gasteiger partial charge >= 0.3 is 0 Å². The highest BCUT2D eigenvalue weighted by atomic mass is 19.1. The van der Waals surface area contributed by atoms with Crippen LogP contribution in [0.15, 0.2) is 36.4 Å². The Labute approximate surface area is 108 Å². The summed E-state index contributed by atoms with van der Waals surface area (Å²) in [6.07, 6.45) is -1.13. The van der Waals surface area contributed by atoms with Crippen molar-refractivity contribution in [1.29, 1.82) is 0 Å². The average molecular weight is 264 g/mol. The zero-order valence-electron chi connectivity index (χ0n) is 9.77. The van der Waals surface area contributed by atoms with Gasteiger partial charge in [-0.15, -0.1) is 0 Å². The number of hydrogen-bond donors (Lipinski definition) is 1. The molecule has 1 heterocycles. The van der Waals surface area contributed by atoms with Crippen LogP contribution in [0.5, 0.6) is 11.5 Å². The third kappa shape index (κ3) is 2.24. The molecule has 19 heavy (non-hydrogen) atoms. The molecule has 2 aromatic carbocycles. The average Bonchev–Trinajstić information content (AvgIpc) is 2.83.